The lowest BCUT2D eigenvalue weighted by molar-refractivity contribution is -0.384. The Bertz CT molecular complexity index is 1410. The van der Waals surface area contributed by atoms with Crippen molar-refractivity contribution in [2.45, 2.75) is 50.6 Å². The Hall–Kier alpha value is -3.05. The summed E-state index contributed by atoms with van der Waals surface area (Å²) >= 11 is 3.03. The fraction of sp³-hybridized carbons (Fsp3) is 0.364. The third-order valence-electron chi connectivity index (χ3n) is 5.81. The molecule has 0 saturated carbocycles. The van der Waals surface area contributed by atoms with Crippen LogP contribution in [-0.4, -0.2) is 24.7 Å². The van der Waals surface area contributed by atoms with Crippen molar-refractivity contribution in [3.05, 3.63) is 61.1 Å². The number of aryl methyl sites for hydroxylation is 1. The van der Waals surface area contributed by atoms with Gasteiger partial charge in [0, 0.05) is 29.1 Å². The van der Waals surface area contributed by atoms with Gasteiger partial charge < -0.3 is 4.42 Å². The molecule has 170 valence electrons. The molecule has 0 fully saturated rings. The highest BCUT2D eigenvalue weighted by molar-refractivity contribution is 7.98. The van der Waals surface area contributed by atoms with Gasteiger partial charge >= 0.3 is 0 Å². The van der Waals surface area contributed by atoms with Crippen LogP contribution in [0.3, 0.4) is 0 Å². The van der Waals surface area contributed by atoms with Gasteiger partial charge in [-0.15, -0.1) is 21.5 Å². The molecule has 1 atom stereocenters. The molecule has 4 aromatic rings. The van der Waals surface area contributed by atoms with Crippen LogP contribution < -0.4 is 5.56 Å². The summed E-state index contributed by atoms with van der Waals surface area (Å²) in [4.78, 5) is 30.6. The lowest BCUT2D eigenvalue weighted by atomic mass is 9.89. The molecular weight excluding hydrogens is 462 g/mol. The van der Waals surface area contributed by atoms with E-state index in [1.165, 1.54) is 34.3 Å². The van der Waals surface area contributed by atoms with Gasteiger partial charge in [-0.25, -0.2) is 4.98 Å². The third kappa shape index (κ3) is 4.06. The van der Waals surface area contributed by atoms with Crippen LogP contribution in [0.5, 0.6) is 0 Å². The van der Waals surface area contributed by atoms with Crippen molar-refractivity contribution in [2.24, 2.45) is 5.92 Å². The Morgan fingerprint density at radius 1 is 1.30 bits per heavy atom. The molecule has 1 unspecified atom stereocenters. The molecule has 33 heavy (non-hydrogen) atoms. The number of hydrogen-bond donors (Lipinski definition) is 0. The minimum Gasteiger partial charge on any atom is -0.420 e. The highest BCUT2D eigenvalue weighted by atomic mass is 32.2. The summed E-state index contributed by atoms with van der Waals surface area (Å²) in [6, 6.07) is 5.95. The molecular formula is C22H21N5O4S2. The number of fused-ring (bicyclic) bond motifs is 3. The number of aromatic nitrogens is 4. The molecule has 11 heteroatoms. The summed E-state index contributed by atoms with van der Waals surface area (Å²) in [5, 5.41) is 20.4. The minimum absolute atomic E-state index is 0.00207. The van der Waals surface area contributed by atoms with Crippen LogP contribution in [0.25, 0.3) is 21.7 Å². The van der Waals surface area contributed by atoms with E-state index < -0.39 is 4.92 Å². The second-order valence-electron chi connectivity index (χ2n) is 8.07. The highest BCUT2D eigenvalue weighted by Gasteiger charge is 2.24. The fourth-order valence-corrected chi connectivity index (χ4v) is 6.40. The van der Waals surface area contributed by atoms with Crippen molar-refractivity contribution in [3.8, 4) is 11.5 Å². The van der Waals surface area contributed by atoms with Crippen LogP contribution >= 0.6 is 23.1 Å². The third-order valence-corrected chi connectivity index (χ3v) is 7.92. The number of nitrogens with zero attached hydrogens (tertiary/aromatic N) is 5. The molecule has 0 amide bonds. The molecule has 5 rings (SSSR count). The van der Waals surface area contributed by atoms with E-state index in [2.05, 4.69) is 17.1 Å². The normalized spacial score (nSPS) is 15.6. The number of hydrogen-bond acceptors (Lipinski definition) is 9. The predicted octanol–water partition coefficient (Wildman–Crippen LogP) is 4.85. The van der Waals surface area contributed by atoms with Crippen LogP contribution in [0.1, 0.15) is 36.6 Å². The van der Waals surface area contributed by atoms with E-state index in [4.69, 9.17) is 9.40 Å². The molecule has 0 spiro atoms. The number of thiophene rings is 1. The summed E-state index contributed by atoms with van der Waals surface area (Å²) in [5.74, 6) is 1.68. The topological polar surface area (TPSA) is 117 Å². The quantitative estimate of drug-likeness (QED) is 0.165. The maximum Gasteiger partial charge on any atom is 0.269 e. The molecule has 0 bridgehead atoms. The van der Waals surface area contributed by atoms with Gasteiger partial charge in [-0.3, -0.25) is 19.5 Å². The highest BCUT2D eigenvalue weighted by Crippen LogP contribution is 2.36. The summed E-state index contributed by atoms with van der Waals surface area (Å²) < 4.78 is 7.45. The first kappa shape index (κ1) is 21.8. The van der Waals surface area contributed by atoms with Gasteiger partial charge in [0.1, 0.15) is 4.83 Å². The van der Waals surface area contributed by atoms with Crippen molar-refractivity contribution >= 4 is 39.0 Å². The molecule has 0 radical (unpaired) electrons. The number of non-ortho nitro benzene ring substituents is 1. The average molecular weight is 484 g/mol. The number of rotatable bonds is 6. The first-order valence-corrected chi connectivity index (χ1v) is 12.5. The molecule has 3 aromatic heterocycles. The molecule has 3 heterocycles. The Kier molecular flexibility index (Phi) is 5.75. The molecule has 1 aliphatic rings. The molecule has 0 aliphatic heterocycles. The van der Waals surface area contributed by atoms with Gasteiger partial charge in [0.05, 0.1) is 16.1 Å². The lowest BCUT2D eigenvalue weighted by Gasteiger charge is -2.17. The van der Waals surface area contributed by atoms with Gasteiger partial charge in [-0.05, 0) is 49.8 Å². The molecule has 1 aromatic carbocycles. The monoisotopic (exact) mass is 483 g/mol. The Morgan fingerprint density at radius 2 is 2.09 bits per heavy atom. The van der Waals surface area contributed by atoms with Crippen LogP contribution in [0.4, 0.5) is 5.69 Å². The van der Waals surface area contributed by atoms with Crippen LogP contribution in [0.2, 0.25) is 0 Å². The molecule has 9 nitrogen and oxygen atoms in total. The predicted molar refractivity (Wildman–Crippen MR) is 127 cm³/mol. The van der Waals surface area contributed by atoms with Crippen LogP contribution in [-0.2, 0) is 25.1 Å². The van der Waals surface area contributed by atoms with Gasteiger partial charge in [-0.2, -0.15) is 0 Å². The number of benzene rings is 1. The van der Waals surface area contributed by atoms with E-state index >= 15 is 0 Å². The van der Waals surface area contributed by atoms with E-state index in [-0.39, 0.29) is 17.1 Å². The smallest absolute Gasteiger partial charge is 0.269 e. The summed E-state index contributed by atoms with van der Waals surface area (Å²) in [5.41, 5.74) is 1.81. The van der Waals surface area contributed by atoms with E-state index in [0.29, 0.717) is 34.8 Å². The van der Waals surface area contributed by atoms with Gasteiger partial charge in [0.25, 0.3) is 11.2 Å². The summed E-state index contributed by atoms with van der Waals surface area (Å²) in [6.45, 7) is 4.73. The van der Waals surface area contributed by atoms with Gasteiger partial charge in [0.15, 0.2) is 5.16 Å². The van der Waals surface area contributed by atoms with Crippen molar-refractivity contribution in [1.82, 2.24) is 19.7 Å². The molecule has 1 aliphatic carbocycles. The Balaban J connectivity index is 1.40. The Morgan fingerprint density at radius 3 is 2.82 bits per heavy atom. The average Bonchev–Trinajstić information content (AvgIpc) is 3.42. The number of nitro benzene ring substituents is 1. The first-order chi connectivity index (χ1) is 15.9. The first-order valence-electron chi connectivity index (χ1n) is 10.7. The van der Waals surface area contributed by atoms with E-state index in [1.54, 1.807) is 28.0 Å². The molecule has 0 N–H and O–H groups in total. The Labute approximate surface area is 197 Å². The largest absolute Gasteiger partial charge is 0.420 e. The van der Waals surface area contributed by atoms with E-state index in [9.17, 15) is 14.9 Å². The van der Waals surface area contributed by atoms with Crippen molar-refractivity contribution in [1.29, 1.82) is 0 Å². The fourth-order valence-electron chi connectivity index (χ4n) is 4.07. The minimum atomic E-state index is -0.457. The summed E-state index contributed by atoms with van der Waals surface area (Å²) in [7, 11) is 0. The van der Waals surface area contributed by atoms with Crippen molar-refractivity contribution in [3.63, 3.8) is 0 Å². The SMILES string of the molecule is CCn1c(SCc2nnc(-c3ccc([N+](=O)[O-])cc3)o2)nc2sc3c(c2c1=O)CCC(C)C3. The van der Waals surface area contributed by atoms with Gasteiger partial charge in [0.2, 0.25) is 11.8 Å². The van der Waals surface area contributed by atoms with E-state index in [0.717, 1.165) is 29.5 Å². The standard InChI is InChI=1S/C22H21N5O4S2/c1-3-26-21(28)18-15-9-4-12(2)10-16(15)33-20(18)23-22(26)32-11-17-24-25-19(31-17)13-5-7-14(8-6-13)27(29)30/h5-8,12H,3-4,9-11H2,1-2H3. The van der Waals surface area contributed by atoms with Crippen molar-refractivity contribution < 1.29 is 9.34 Å². The maximum absolute atomic E-state index is 13.3. The van der Waals surface area contributed by atoms with Crippen LogP contribution in [0, 0.1) is 16.0 Å². The van der Waals surface area contributed by atoms with E-state index in [1.807, 2.05) is 6.92 Å². The summed E-state index contributed by atoms with van der Waals surface area (Å²) in [6.07, 6.45) is 3.06. The van der Waals surface area contributed by atoms with Crippen molar-refractivity contribution in [2.75, 3.05) is 0 Å². The number of thioether (sulfide) groups is 1. The zero-order chi connectivity index (χ0) is 23.1. The second-order valence-corrected chi connectivity index (χ2v) is 10.1. The van der Waals surface area contributed by atoms with Crippen LogP contribution in [0.15, 0.2) is 38.6 Å². The maximum atomic E-state index is 13.3. The van der Waals surface area contributed by atoms with Gasteiger partial charge in [-0.1, -0.05) is 18.7 Å². The molecule has 0 saturated heterocycles. The zero-order valence-electron chi connectivity index (χ0n) is 18.1. The second kappa shape index (κ2) is 8.71. The zero-order valence-corrected chi connectivity index (χ0v) is 19.7. The lowest BCUT2D eigenvalue weighted by Crippen LogP contribution is -2.23. The number of nitro groups is 1.